The quantitative estimate of drug-likeness (QED) is 0.166. The number of rotatable bonds is 9. The molecule has 0 amide bonds. The zero-order valence-corrected chi connectivity index (χ0v) is 51.4. The molecule has 9 heteroatoms. The fourth-order valence-electron chi connectivity index (χ4n) is 21.8. The first-order valence-corrected chi connectivity index (χ1v) is 33.3. The fraction of sp³-hybridized carbons (Fsp3) is 0.699. The van der Waals surface area contributed by atoms with Crippen LogP contribution in [0.3, 0.4) is 0 Å². The maximum Gasteiger partial charge on any atom is 0.193 e. The lowest BCUT2D eigenvalue weighted by atomic mass is 9.56. The van der Waals surface area contributed by atoms with Gasteiger partial charge in [0, 0.05) is 73.2 Å². The van der Waals surface area contributed by atoms with Crippen molar-refractivity contribution in [3.8, 4) is 0 Å². The van der Waals surface area contributed by atoms with Crippen molar-refractivity contribution in [1.29, 1.82) is 0 Å². The Hall–Kier alpha value is -3.54. The van der Waals surface area contributed by atoms with Crippen molar-refractivity contribution < 1.29 is 29.3 Å². The molecule has 8 aliphatic carbocycles. The first-order valence-electron chi connectivity index (χ1n) is 33.3. The standard InChI is InChI=1S/C44H55NO4.C29H46N2O2/c1-27-23-40-41(45(26-27)22-8-11-39(47)30-12-14-32(15-13-30)42(48)31-9-6-5-7-10-31)29(3)44(49-40)21-19-35-36-17-16-33-24-34(46)18-20-43(33,4)38(36)25-37(35)28(44)2;1-17-13-26-27(31(16-17)12-11-30)19(3)29(33-26)10-8-22-23-6-5-20-14-21(32)7-9-28(20,4)25(23)15-24(22)18(29)2/h5-7,9-10,12-16,27,29,34-36,38,40-41,46H,8,11,17-26H2,1-4H3;5,17,19,21-23,25-27,32H,6-16,30H2,1-4H3/t27-,29+,34-,35-,36-,38-,40+,41-,43-,44-;17-,19+,21-,22-,23-,25-,26+,27-,28-,29-/m00/s1. The number of allylic oxidation sites excluding steroid dienone is 4. The molecule has 82 heavy (non-hydrogen) atoms. The summed E-state index contributed by atoms with van der Waals surface area (Å²) in [5, 5.41) is 20.8. The van der Waals surface area contributed by atoms with Gasteiger partial charge in [-0.25, -0.2) is 0 Å². The van der Waals surface area contributed by atoms with E-state index in [1.165, 1.54) is 63.5 Å². The average molecular weight is 1120 g/mol. The minimum Gasteiger partial charge on any atom is -0.393 e. The first kappa shape index (κ1) is 57.5. The highest BCUT2D eigenvalue weighted by atomic mass is 16.5. The summed E-state index contributed by atoms with van der Waals surface area (Å²) in [4.78, 5) is 31.4. The minimum absolute atomic E-state index is 0.0184. The summed E-state index contributed by atoms with van der Waals surface area (Å²) in [5.74, 6) is 6.74. The molecule has 12 aliphatic rings. The molecule has 9 nitrogen and oxygen atoms in total. The van der Waals surface area contributed by atoms with Crippen LogP contribution < -0.4 is 5.73 Å². The normalized spacial score (nSPS) is 43.8. The number of benzene rings is 2. The van der Waals surface area contributed by atoms with Crippen LogP contribution in [0.25, 0.3) is 0 Å². The van der Waals surface area contributed by atoms with E-state index in [0.29, 0.717) is 82.2 Å². The van der Waals surface area contributed by atoms with Gasteiger partial charge in [-0.3, -0.25) is 19.4 Å². The van der Waals surface area contributed by atoms with E-state index in [2.05, 4.69) is 77.3 Å². The lowest BCUT2D eigenvalue weighted by Gasteiger charge is -2.49. The number of nitrogens with two attached hydrogens (primary N) is 1. The Morgan fingerprint density at radius 1 is 0.610 bits per heavy atom. The lowest BCUT2D eigenvalue weighted by Crippen LogP contribution is -2.53. The molecule has 20 atom stereocenters. The van der Waals surface area contributed by atoms with Crippen LogP contribution in [0.1, 0.15) is 197 Å². The summed E-state index contributed by atoms with van der Waals surface area (Å²) in [6.07, 6.45) is 24.7. The summed E-state index contributed by atoms with van der Waals surface area (Å²) in [6.45, 7) is 24.5. The van der Waals surface area contributed by atoms with Crippen LogP contribution in [-0.2, 0) is 9.47 Å². The molecular formula is C73H101N3O6. The SMILES string of the molecule is CC1=C2C[C@H]3[C@@H](CC=C4C[C@@H](O)CC[C@@]43C)[C@@H]2CC[C@]12O[C@@H]1C[C@H](C)CN(CCCC(=O)c3ccc(C(=O)c4ccccc4)cc3)[C@H]1[C@H]2C.CC1=C2C[C@H]3[C@@H](CC=C4C[C@@H](O)CC[C@@]43C)[C@@H]2CC[C@]12O[C@@H]1C[C@H](C)CN(CCN)[C@H]1[C@H]2C. The molecule has 4 saturated carbocycles. The number of piperidine rings is 2. The van der Waals surface area contributed by atoms with E-state index >= 15 is 0 Å². The molecule has 4 saturated heterocycles. The predicted octanol–water partition coefficient (Wildman–Crippen LogP) is 13.3. The summed E-state index contributed by atoms with van der Waals surface area (Å²) >= 11 is 0. The van der Waals surface area contributed by atoms with Gasteiger partial charge in [-0.05, 0) is 199 Å². The van der Waals surface area contributed by atoms with E-state index in [0.717, 1.165) is 108 Å². The minimum atomic E-state index is -0.175. The van der Waals surface area contributed by atoms with Crippen LogP contribution in [0, 0.1) is 70.0 Å². The molecule has 444 valence electrons. The van der Waals surface area contributed by atoms with Crippen molar-refractivity contribution in [3.63, 3.8) is 0 Å². The largest absolute Gasteiger partial charge is 0.393 e. The van der Waals surface area contributed by atoms with E-state index in [4.69, 9.17) is 15.2 Å². The van der Waals surface area contributed by atoms with Gasteiger partial charge in [0.15, 0.2) is 11.6 Å². The topological polar surface area (TPSA) is 126 Å². The molecular weight excluding hydrogens is 1010 g/mol. The zero-order valence-electron chi connectivity index (χ0n) is 51.4. The Morgan fingerprint density at radius 3 is 1.56 bits per heavy atom. The molecule has 0 aromatic heterocycles. The van der Waals surface area contributed by atoms with Gasteiger partial charge in [0.1, 0.15) is 0 Å². The number of nitrogens with zero attached hydrogens (tertiary/aromatic N) is 2. The third kappa shape index (κ3) is 9.38. The highest BCUT2D eigenvalue weighted by Gasteiger charge is 2.64. The number of ether oxygens (including phenoxy) is 2. The van der Waals surface area contributed by atoms with Crippen LogP contribution >= 0.6 is 0 Å². The smallest absolute Gasteiger partial charge is 0.193 e. The first-order chi connectivity index (χ1) is 39.4. The number of hydrogen-bond acceptors (Lipinski definition) is 9. The third-order valence-electron chi connectivity index (χ3n) is 26.0. The highest BCUT2D eigenvalue weighted by Crippen LogP contribution is 2.67. The van der Waals surface area contributed by atoms with Crippen molar-refractivity contribution in [2.24, 2.45) is 75.7 Å². The second-order valence-electron chi connectivity index (χ2n) is 30.0. The number of Topliss-reactive ketones (excluding diaryl/α,β-unsaturated/α-hetero) is 1. The molecule has 8 fully saturated rings. The molecule has 0 bridgehead atoms. The van der Waals surface area contributed by atoms with Gasteiger partial charge in [-0.15, -0.1) is 0 Å². The molecule has 4 aliphatic heterocycles. The Balaban J connectivity index is 0.000000166. The third-order valence-corrected chi connectivity index (χ3v) is 26.0. The highest BCUT2D eigenvalue weighted by molar-refractivity contribution is 6.09. The molecule has 0 radical (unpaired) electrons. The Labute approximate surface area is 492 Å². The van der Waals surface area contributed by atoms with Crippen LogP contribution in [-0.4, -0.2) is 112 Å². The molecule has 0 unspecified atom stereocenters. The Kier molecular flexibility index (Phi) is 15.4. The molecule has 2 aromatic carbocycles. The van der Waals surface area contributed by atoms with Gasteiger partial charge in [0.25, 0.3) is 0 Å². The predicted molar refractivity (Wildman–Crippen MR) is 326 cm³/mol. The average Bonchev–Trinajstić information content (AvgIpc) is 3.37. The summed E-state index contributed by atoms with van der Waals surface area (Å²) in [7, 11) is 0. The number of aliphatic hydroxyl groups is 2. The number of fused-ring (bicyclic) bond motifs is 12. The number of likely N-dealkylation sites (tertiary alicyclic amines) is 2. The van der Waals surface area contributed by atoms with Gasteiger partial charge < -0.3 is 25.4 Å². The number of hydrogen-bond donors (Lipinski definition) is 3. The van der Waals surface area contributed by atoms with Gasteiger partial charge in [0.2, 0.25) is 0 Å². The van der Waals surface area contributed by atoms with Crippen LogP contribution in [0.5, 0.6) is 0 Å². The van der Waals surface area contributed by atoms with Crippen molar-refractivity contribution in [3.05, 3.63) is 117 Å². The van der Waals surface area contributed by atoms with Crippen molar-refractivity contribution in [2.75, 3.05) is 32.7 Å². The monoisotopic (exact) mass is 1120 g/mol. The summed E-state index contributed by atoms with van der Waals surface area (Å²) in [6, 6.07) is 17.4. The Bertz CT molecular complexity index is 2890. The fourth-order valence-corrected chi connectivity index (χ4v) is 21.8. The van der Waals surface area contributed by atoms with Crippen LogP contribution in [0.4, 0.5) is 0 Å². The van der Waals surface area contributed by atoms with Gasteiger partial charge in [0.05, 0.1) is 35.6 Å². The van der Waals surface area contributed by atoms with E-state index < -0.39 is 0 Å². The summed E-state index contributed by atoms with van der Waals surface area (Å²) in [5.41, 5.74) is 18.0. The van der Waals surface area contributed by atoms with E-state index in [-0.39, 0.29) is 46.5 Å². The molecule has 4 N–H and O–H groups in total. The van der Waals surface area contributed by atoms with Crippen molar-refractivity contribution in [2.45, 2.75) is 219 Å². The number of carbonyl (C=O) groups excluding carboxylic acids is 2. The maximum atomic E-state index is 13.3. The Morgan fingerprint density at radius 2 is 1.07 bits per heavy atom. The van der Waals surface area contributed by atoms with Crippen LogP contribution in [0.15, 0.2) is 100 Å². The van der Waals surface area contributed by atoms with Crippen molar-refractivity contribution in [1.82, 2.24) is 9.80 Å². The number of ketones is 2. The van der Waals surface area contributed by atoms with Crippen LogP contribution in [0.2, 0.25) is 0 Å². The molecule has 2 spiro atoms. The van der Waals surface area contributed by atoms with Gasteiger partial charge in [-0.1, -0.05) is 131 Å². The maximum absolute atomic E-state index is 13.3. The molecule has 14 rings (SSSR count). The second kappa shape index (κ2) is 22.0. The number of carbonyl (C=O) groups is 2. The molecule has 4 heterocycles. The van der Waals surface area contributed by atoms with E-state index in [1.807, 2.05) is 42.5 Å². The van der Waals surface area contributed by atoms with E-state index in [9.17, 15) is 19.8 Å². The van der Waals surface area contributed by atoms with Crippen molar-refractivity contribution >= 4 is 11.6 Å². The van der Waals surface area contributed by atoms with Gasteiger partial charge >= 0.3 is 0 Å². The zero-order chi connectivity index (χ0) is 57.2. The van der Waals surface area contributed by atoms with E-state index in [1.54, 1.807) is 40.0 Å². The molecule has 2 aromatic rings. The second-order valence-corrected chi connectivity index (χ2v) is 30.0. The lowest BCUT2D eigenvalue weighted by molar-refractivity contribution is -0.0649. The number of aliphatic hydroxyl groups excluding tert-OH is 2. The summed E-state index contributed by atoms with van der Waals surface area (Å²) < 4.78 is 14.5. The van der Waals surface area contributed by atoms with Gasteiger partial charge in [-0.2, -0.15) is 0 Å².